The molecular formula is C15H22BrN3. The van der Waals surface area contributed by atoms with Crippen LogP contribution in [0, 0.1) is 5.92 Å². The Morgan fingerprint density at radius 3 is 3.05 bits per heavy atom. The van der Waals surface area contributed by atoms with Crippen molar-refractivity contribution in [3.63, 3.8) is 0 Å². The number of nitrogens with one attached hydrogen (secondary N) is 1. The molecule has 1 saturated heterocycles. The van der Waals surface area contributed by atoms with Crippen molar-refractivity contribution in [2.45, 2.75) is 44.7 Å². The van der Waals surface area contributed by atoms with Gasteiger partial charge < -0.3 is 10.2 Å². The number of aromatic nitrogens is 1. The molecule has 2 aliphatic rings. The van der Waals surface area contributed by atoms with Gasteiger partial charge in [0.2, 0.25) is 0 Å². The zero-order valence-electron chi connectivity index (χ0n) is 11.5. The van der Waals surface area contributed by atoms with Crippen molar-refractivity contribution in [3.8, 4) is 0 Å². The Hall–Kier alpha value is -0.610. The summed E-state index contributed by atoms with van der Waals surface area (Å²) in [4.78, 5) is 7.28. The SMILES string of the molecule is CNCc1cc(Br)cnc1N1CCC2CCCCC21. The molecule has 0 amide bonds. The Labute approximate surface area is 123 Å². The van der Waals surface area contributed by atoms with Crippen LogP contribution in [0.3, 0.4) is 0 Å². The molecule has 1 aliphatic heterocycles. The van der Waals surface area contributed by atoms with E-state index in [0.717, 1.165) is 23.0 Å². The second-order valence-corrected chi connectivity index (χ2v) is 6.68. The van der Waals surface area contributed by atoms with E-state index in [0.29, 0.717) is 0 Å². The van der Waals surface area contributed by atoms with Crippen LogP contribution in [0.25, 0.3) is 0 Å². The van der Waals surface area contributed by atoms with Crippen LogP contribution in [-0.2, 0) is 6.54 Å². The van der Waals surface area contributed by atoms with Gasteiger partial charge in [0.15, 0.2) is 0 Å². The first kappa shape index (κ1) is 13.4. The minimum Gasteiger partial charge on any atom is -0.353 e. The highest BCUT2D eigenvalue weighted by Gasteiger charge is 2.36. The quantitative estimate of drug-likeness (QED) is 0.924. The molecule has 19 heavy (non-hydrogen) atoms. The maximum absolute atomic E-state index is 4.71. The van der Waals surface area contributed by atoms with E-state index in [4.69, 9.17) is 4.98 Å². The van der Waals surface area contributed by atoms with Gasteiger partial charge in [0, 0.05) is 35.4 Å². The number of hydrogen-bond donors (Lipinski definition) is 1. The van der Waals surface area contributed by atoms with E-state index >= 15 is 0 Å². The van der Waals surface area contributed by atoms with Crippen molar-refractivity contribution < 1.29 is 0 Å². The first-order chi connectivity index (χ1) is 9.29. The molecule has 1 aliphatic carbocycles. The molecule has 2 atom stereocenters. The van der Waals surface area contributed by atoms with Gasteiger partial charge in [-0.25, -0.2) is 4.98 Å². The molecule has 0 spiro atoms. The molecule has 104 valence electrons. The largest absolute Gasteiger partial charge is 0.353 e. The Morgan fingerprint density at radius 2 is 2.21 bits per heavy atom. The Balaban J connectivity index is 1.89. The van der Waals surface area contributed by atoms with Gasteiger partial charge in [-0.1, -0.05) is 12.8 Å². The molecule has 1 aromatic rings. The van der Waals surface area contributed by atoms with Gasteiger partial charge in [-0.05, 0) is 54.2 Å². The maximum Gasteiger partial charge on any atom is 0.133 e. The van der Waals surface area contributed by atoms with Crippen LogP contribution in [-0.4, -0.2) is 24.6 Å². The molecule has 4 heteroatoms. The molecule has 0 bridgehead atoms. The molecular weight excluding hydrogens is 302 g/mol. The highest BCUT2D eigenvalue weighted by molar-refractivity contribution is 9.10. The highest BCUT2D eigenvalue weighted by Crippen LogP contribution is 2.39. The summed E-state index contributed by atoms with van der Waals surface area (Å²) in [5, 5.41) is 3.26. The standard InChI is InChI=1S/C15H22BrN3/c1-17-9-12-8-13(16)10-18-15(12)19-7-6-11-4-2-3-5-14(11)19/h8,10-11,14,17H,2-7,9H2,1H3. The van der Waals surface area contributed by atoms with Crippen LogP contribution >= 0.6 is 15.9 Å². The number of anilines is 1. The van der Waals surface area contributed by atoms with E-state index in [9.17, 15) is 0 Å². The first-order valence-electron chi connectivity index (χ1n) is 7.35. The van der Waals surface area contributed by atoms with Crippen molar-refractivity contribution in [1.29, 1.82) is 0 Å². The lowest BCUT2D eigenvalue weighted by atomic mass is 9.85. The lowest BCUT2D eigenvalue weighted by Gasteiger charge is -2.33. The second kappa shape index (κ2) is 5.80. The average Bonchev–Trinajstić information content (AvgIpc) is 2.83. The summed E-state index contributed by atoms with van der Waals surface area (Å²) in [5.41, 5.74) is 1.31. The molecule has 0 aromatic carbocycles. The predicted octanol–water partition coefficient (Wildman–Crippen LogP) is 3.33. The van der Waals surface area contributed by atoms with Gasteiger partial charge in [0.25, 0.3) is 0 Å². The molecule has 3 nitrogen and oxygen atoms in total. The average molecular weight is 324 g/mol. The number of halogens is 1. The third-order valence-corrected chi connectivity index (χ3v) is 4.99. The minimum absolute atomic E-state index is 0.734. The van der Waals surface area contributed by atoms with Crippen LogP contribution in [0.5, 0.6) is 0 Å². The number of fused-ring (bicyclic) bond motifs is 1. The van der Waals surface area contributed by atoms with Crippen LogP contribution in [0.4, 0.5) is 5.82 Å². The molecule has 2 fully saturated rings. The lowest BCUT2D eigenvalue weighted by molar-refractivity contribution is 0.341. The summed E-state index contributed by atoms with van der Waals surface area (Å²) in [6.07, 6.45) is 8.86. The van der Waals surface area contributed by atoms with Gasteiger partial charge in [-0.3, -0.25) is 0 Å². The lowest BCUT2D eigenvalue weighted by Crippen LogP contribution is -2.36. The first-order valence-corrected chi connectivity index (χ1v) is 8.14. The molecule has 1 N–H and O–H groups in total. The van der Waals surface area contributed by atoms with Crippen LogP contribution in [0.1, 0.15) is 37.7 Å². The summed E-state index contributed by atoms with van der Waals surface area (Å²) in [5.74, 6) is 2.11. The summed E-state index contributed by atoms with van der Waals surface area (Å²) >= 11 is 3.53. The fourth-order valence-corrected chi connectivity index (χ4v) is 4.10. The summed E-state index contributed by atoms with van der Waals surface area (Å²) in [7, 11) is 2.00. The van der Waals surface area contributed by atoms with Gasteiger partial charge in [0.1, 0.15) is 5.82 Å². The van der Waals surface area contributed by atoms with E-state index in [1.54, 1.807) is 0 Å². The van der Waals surface area contributed by atoms with E-state index in [1.165, 1.54) is 50.0 Å². The number of nitrogens with zero attached hydrogens (tertiary/aromatic N) is 2. The van der Waals surface area contributed by atoms with Crippen molar-refractivity contribution in [3.05, 3.63) is 22.3 Å². The summed E-state index contributed by atoms with van der Waals surface area (Å²) in [6, 6.07) is 2.94. The molecule has 0 radical (unpaired) electrons. The molecule has 1 aromatic heterocycles. The third kappa shape index (κ3) is 2.65. The fourth-order valence-electron chi connectivity index (χ4n) is 3.72. The number of pyridine rings is 1. The molecule has 3 rings (SSSR count). The van der Waals surface area contributed by atoms with Crippen molar-refractivity contribution in [2.75, 3.05) is 18.5 Å². The maximum atomic E-state index is 4.71. The molecule has 2 unspecified atom stereocenters. The Kier molecular flexibility index (Phi) is 4.08. The number of hydrogen-bond acceptors (Lipinski definition) is 3. The summed E-state index contributed by atoms with van der Waals surface area (Å²) < 4.78 is 1.07. The summed E-state index contributed by atoms with van der Waals surface area (Å²) in [6.45, 7) is 2.07. The predicted molar refractivity (Wildman–Crippen MR) is 82.4 cm³/mol. The van der Waals surface area contributed by atoms with Crippen LogP contribution in [0.15, 0.2) is 16.7 Å². The van der Waals surface area contributed by atoms with E-state index < -0.39 is 0 Å². The monoisotopic (exact) mass is 323 g/mol. The van der Waals surface area contributed by atoms with Gasteiger partial charge >= 0.3 is 0 Å². The van der Waals surface area contributed by atoms with Gasteiger partial charge in [-0.15, -0.1) is 0 Å². The molecule has 1 saturated carbocycles. The zero-order valence-corrected chi connectivity index (χ0v) is 13.1. The zero-order chi connectivity index (χ0) is 13.2. The van der Waals surface area contributed by atoms with Gasteiger partial charge in [0.05, 0.1) is 0 Å². The highest BCUT2D eigenvalue weighted by atomic mass is 79.9. The fraction of sp³-hybridized carbons (Fsp3) is 0.667. The topological polar surface area (TPSA) is 28.2 Å². The van der Waals surface area contributed by atoms with E-state index in [2.05, 4.69) is 32.2 Å². The normalized spacial score (nSPS) is 26.5. The van der Waals surface area contributed by atoms with Crippen molar-refractivity contribution >= 4 is 21.7 Å². The Bertz CT molecular complexity index is 449. The second-order valence-electron chi connectivity index (χ2n) is 5.76. The molecule has 2 heterocycles. The number of rotatable bonds is 3. The van der Waals surface area contributed by atoms with E-state index in [1.807, 2.05) is 13.2 Å². The van der Waals surface area contributed by atoms with Crippen molar-refractivity contribution in [1.82, 2.24) is 10.3 Å². The van der Waals surface area contributed by atoms with Crippen LogP contribution < -0.4 is 10.2 Å². The van der Waals surface area contributed by atoms with Crippen molar-refractivity contribution in [2.24, 2.45) is 5.92 Å². The Morgan fingerprint density at radius 1 is 1.37 bits per heavy atom. The smallest absolute Gasteiger partial charge is 0.133 e. The van der Waals surface area contributed by atoms with Crippen LogP contribution in [0.2, 0.25) is 0 Å². The van der Waals surface area contributed by atoms with E-state index in [-0.39, 0.29) is 0 Å². The minimum atomic E-state index is 0.734. The van der Waals surface area contributed by atoms with Gasteiger partial charge in [-0.2, -0.15) is 0 Å². The third-order valence-electron chi connectivity index (χ3n) is 4.56.